The van der Waals surface area contributed by atoms with E-state index in [1.165, 1.54) is 17.8 Å². The summed E-state index contributed by atoms with van der Waals surface area (Å²) in [7, 11) is 0. The molecule has 0 aliphatic heterocycles. The second-order valence-electron chi connectivity index (χ2n) is 9.73. The van der Waals surface area contributed by atoms with Crippen molar-refractivity contribution in [2.75, 3.05) is 0 Å². The zero-order chi connectivity index (χ0) is 26.5. The Morgan fingerprint density at radius 2 is 1.66 bits per heavy atom. The minimum absolute atomic E-state index is 0.0462. The highest BCUT2D eigenvalue weighted by atomic mass is 35.5. The number of hydrogen-bond acceptors (Lipinski definition) is 4. The van der Waals surface area contributed by atoms with Crippen molar-refractivity contribution in [3.05, 3.63) is 105 Å². The van der Waals surface area contributed by atoms with Crippen LogP contribution in [-0.2, 0) is 23.6 Å². The van der Waals surface area contributed by atoms with E-state index in [9.17, 15) is 14.0 Å². The number of nitrogens with one attached hydrogen (secondary N) is 1. The van der Waals surface area contributed by atoms with Crippen molar-refractivity contribution < 1.29 is 9.18 Å². The largest absolute Gasteiger partial charge is 0.352 e. The van der Waals surface area contributed by atoms with Crippen molar-refractivity contribution >= 4 is 40.2 Å². The minimum atomic E-state index is -0.263. The number of nitrogens with zero attached hydrogens (tertiary/aromatic N) is 2. The number of halogens is 2. The maximum atomic E-state index is 14.2. The highest BCUT2D eigenvalue weighted by Crippen LogP contribution is 2.32. The summed E-state index contributed by atoms with van der Waals surface area (Å²) in [5, 5.41) is 4.85. The standard InChI is InChI=1S/C30H29ClFN3O2S/c31-25-10-4-1-7-22(25)17-33-28(36)21-15-13-20(14-16-21)18-35-29(37)24-9-3-6-12-27(24)34-30(35)38-19-23-8-2-5-11-26(23)32/h1-12,20-21H,13-19H2,(H,33,36). The normalized spacial score (nSPS) is 17.4. The first-order valence-corrected chi connectivity index (χ1v) is 14.2. The molecule has 1 aliphatic carbocycles. The van der Waals surface area contributed by atoms with E-state index in [-0.39, 0.29) is 29.1 Å². The smallest absolute Gasteiger partial charge is 0.262 e. The van der Waals surface area contributed by atoms with Gasteiger partial charge in [0.05, 0.1) is 10.9 Å². The summed E-state index contributed by atoms with van der Waals surface area (Å²) in [6.07, 6.45) is 3.24. The van der Waals surface area contributed by atoms with Gasteiger partial charge in [-0.25, -0.2) is 9.37 Å². The molecule has 38 heavy (non-hydrogen) atoms. The van der Waals surface area contributed by atoms with Gasteiger partial charge in [0.15, 0.2) is 5.16 Å². The molecule has 8 heteroatoms. The molecule has 0 bridgehead atoms. The van der Waals surface area contributed by atoms with Crippen LogP contribution in [-0.4, -0.2) is 15.5 Å². The minimum Gasteiger partial charge on any atom is -0.352 e. The predicted octanol–water partition coefficient (Wildman–Crippen LogP) is 6.60. The highest BCUT2D eigenvalue weighted by molar-refractivity contribution is 7.98. The Hall–Kier alpha value is -3.16. The first kappa shape index (κ1) is 26.4. The number of fused-ring (bicyclic) bond motifs is 1. The Labute approximate surface area is 230 Å². The van der Waals surface area contributed by atoms with E-state index in [0.29, 0.717) is 45.5 Å². The first-order chi connectivity index (χ1) is 18.5. The molecule has 196 valence electrons. The van der Waals surface area contributed by atoms with E-state index in [2.05, 4.69) is 5.32 Å². The third-order valence-electron chi connectivity index (χ3n) is 7.21. The van der Waals surface area contributed by atoms with Gasteiger partial charge in [-0.3, -0.25) is 14.2 Å². The van der Waals surface area contributed by atoms with Crippen molar-refractivity contribution in [1.29, 1.82) is 0 Å². The van der Waals surface area contributed by atoms with Crippen LogP contribution >= 0.6 is 23.4 Å². The predicted molar refractivity (Wildman–Crippen MR) is 151 cm³/mol. The van der Waals surface area contributed by atoms with Crippen LogP contribution in [0.25, 0.3) is 10.9 Å². The Morgan fingerprint density at radius 1 is 0.974 bits per heavy atom. The molecule has 1 saturated carbocycles. The van der Waals surface area contributed by atoms with Crippen molar-refractivity contribution in [1.82, 2.24) is 14.9 Å². The second-order valence-corrected chi connectivity index (χ2v) is 11.1. The molecule has 1 heterocycles. The maximum absolute atomic E-state index is 14.2. The number of carbonyl (C=O) groups is 1. The summed E-state index contributed by atoms with van der Waals surface area (Å²) in [5.41, 5.74) is 2.05. The lowest BCUT2D eigenvalue weighted by Gasteiger charge is -2.28. The lowest BCUT2D eigenvalue weighted by Crippen LogP contribution is -2.34. The van der Waals surface area contributed by atoms with Gasteiger partial charge in [0.25, 0.3) is 5.56 Å². The van der Waals surface area contributed by atoms with E-state index in [1.54, 1.807) is 22.8 Å². The summed E-state index contributed by atoms with van der Waals surface area (Å²) < 4.78 is 16.0. The highest BCUT2D eigenvalue weighted by Gasteiger charge is 2.27. The molecule has 0 radical (unpaired) electrons. The Morgan fingerprint density at radius 3 is 2.42 bits per heavy atom. The summed E-state index contributed by atoms with van der Waals surface area (Å²) in [6.45, 7) is 0.948. The van der Waals surface area contributed by atoms with Crippen LogP contribution in [0.4, 0.5) is 4.39 Å². The quantitative estimate of drug-likeness (QED) is 0.198. The fraction of sp³-hybridized carbons (Fsp3) is 0.300. The van der Waals surface area contributed by atoms with Gasteiger partial charge in [-0.05, 0) is 67.0 Å². The number of rotatable bonds is 8. The van der Waals surface area contributed by atoms with Crippen LogP contribution in [0.5, 0.6) is 0 Å². The molecular weight excluding hydrogens is 521 g/mol. The molecule has 1 aliphatic rings. The van der Waals surface area contributed by atoms with Gasteiger partial charge in [0.1, 0.15) is 5.82 Å². The molecule has 1 N–H and O–H groups in total. The van der Waals surface area contributed by atoms with Crippen LogP contribution in [0.3, 0.4) is 0 Å². The van der Waals surface area contributed by atoms with E-state index >= 15 is 0 Å². The van der Waals surface area contributed by atoms with E-state index < -0.39 is 0 Å². The van der Waals surface area contributed by atoms with E-state index in [1.807, 2.05) is 48.5 Å². The summed E-state index contributed by atoms with van der Waals surface area (Å²) in [4.78, 5) is 31.1. The molecule has 1 aromatic heterocycles. The van der Waals surface area contributed by atoms with Crippen molar-refractivity contribution in [3.63, 3.8) is 0 Å². The van der Waals surface area contributed by atoms with Gasteiger partial charge in [-0.1, -0.05) is 71.9 Å². The number of hydrogen-bond donors (Lipinski definition) is 1. The SMILES string of the molecule is O=C(NCc1ccccc1Cl)C1CCC(Cn2c(SCc3ccccc3F)nc3ccccc3c2=O)CC1. The fourth-order valence-electron chi connectivity index (χ4n) is 5.01. The van der Waals surface area contributed by atoms with Gasteiger partial charge >= 0.3 is 0 Å². The van der Waals surface area contributed by atoms with Crippen LogP contribution in [0.1, 0.15) is 36.8 Å². The van der Waals surface area contributed by atoms with Gasteiger partial charge in [0.2, 0.25) is 5.91 Å². The number of benzene rings is 3. The fourth-order valence-corrected chi connectivity index (χ4v) is 6.21. The molecule has 1 fully saturated rings. The first-order valence-electron chi connectivity index (χ1n) is 12.9. The summed E-state index contributed by atoms with van der Waals surface area (Å²) in [6, 6.07) is 21.5. The lowest BCUT2D eigenvalue weighted by atomic mass is 9.81. The third-order valence-corrected chi connectivity index (χ3v) is 8.60. The lowest BCUT2D eigenvalue weighted by molar-refractivity contribution is -0.126. The van der Waals surface area contributed by atoms with Crippen molar-refractivity contribution in [2.45, 2.75) is 49.7 Å². The Balaban J connectivity index is 1.26. The van der Waals surface area contributed by atoms with Gasteiger partial charge in [-0.2, -0.15) is 0 Å². The Bertz CT molecular complexity index is 1500. The topological polar surface area (TPSA) is 64.0 Å². The van der Waals surface area contributed by atoms with E-state index in [4.69, 9.17) is 16.6 Å². The molecule has 0 atom stereocenters. The number of amides is 1. The molecule has 0 saturated heterocycles. The third kappa shape index (κ3) is 6.11. The molecular formula is C30H29ClFN3O2S. The molecule has 0 spiro atoms. The van der Waals surface area contributed by atoms with Crippen LogP contribution in [0.15, 0.2) is 82.7 Å². The molecule has 1 amide bonds. The zero-order valence-electron chi connectivity index (χ0n) is 20.9. The average molecular weight is 550 g/mol. The monoisotopic (exact) mass is 549 g/mol. The molecule has 5 rings (SSSR count). The van der Waals surface area contributed by atoms with Gasteiger partial charge < -0.3 is 5.32 Å². The number of aromatic nitrogens is 2. The summed E-state index contributed by atoms with van der Waals surface area (Å²) in [5.74, 6) is 0.386. The zero-order valence-corrected chi connectivity index (χ0v) is 22.5. The van der Waals surface area contributed by atoms with Crippen LogP contribution in [0.2, 0.25) is 5.02 Å². The molecule has 5 nitrogen and oxygen atoms in total. The number of carbonyl (C=O) groups excluding carboxylic acids is 1. The van der Waals surface area contributed by atoms with Gasteiger partial charge in [0, 0.05) is 29.8 Å². The molecule has 3 aromatic carbocycles. The molecule has 4 aromatic rings. The van der Waals surface area contributed by atoms with Gasteiger partial charge in [-0.15, -0.1) is 0 Å². The van der Waals surface area contributed by atoms with E-state index in [0.717, 1.165) is 31.2 Å². The van der Waals surface area contributed by atoms with Crippen LogP contribution < -0.4 is 10.9 Å². The Kier molecular flexibility index (Phi) is 8.45. The number of thioether (sulfide) groups is 1. The average Bonchev–Trinajstić information content (AvgIpc) is 2.94. The number of para-hydroxylation sites is 1. The second kappa shape index (κ2) is 12.1. The van der Waals surface area contributed by atoms with Crippen molar-refractivity contribution in [3.8, 4) is 0 Å². The molecule has 0 unspecified atom stereocenters. The maximum Gasteiger partial charge on any atom is 0.262 e. The summed E-state index contributed by atoms with van der Waals surface area (Å²) >= 11 is 7.59. The van der Waals surface area contributed by atoms with Crippen LogP contribution in [0, 0.1) is 17.7 Å². The van der Waals surface area contributed by atoms with Crippen molar-refractivity contribution in [2.24, 2.45) is 11.8 Å².